The van der Waals surface area contributed by atoms with E-state index < -0.39 is 0 Å². The molecule has 2 aromatic heterocycles. The molecule has 0 atom stereocenters. The van der Waals surface area contributed by atoms with Crippen LogP contribution in [0.3, 0.4) is 0 Å². The minimum Gasteiger partial charge on any atom is -0.298 e. The summed E-state index contributed by atoms with van der Waals surface area (Å²) in [6.07, 6.45) is 1.69. The van der Waals surface area contributed by atoms with Gasteiger partial charge in [0.25, 0.3) is 5.91 Å². The fraction of sp³-hybridized carbons (Fsp3) is 0.0769. The number of amides is 1. The van der Waals surface area contributed by atoms with Gasteiger partial charge in [0.05, 0.1) is 11.7 Å². The first-order chi connectivity index (χ1) is 9.63. The van der Waals surface area contributed by atoms with Crippen LogP contribution in [0.1, 0.15) is 27.8 Å². The van der Waals surface area contributed by atoms with E-state index in [0.29, 0.717) is 16.4 Å². The predicted octanol–water partition coefficient (Wildman–Crippen LogP) is 2.47. The fourth-order valence-electron chi connectivity index (χ4n) is 1.74. The Morgan fingerprint density at radius 1 is 1.35 bits per heavy atom. The number of hydrogen-bond acceptors (Lipinski definition) is 5. The van der Waals surface area contributed by atoms with E-state index in [1.807, 2.05) is 6.07 Å². The summed E-state index contributed by atoms with van der Waals surface area (Å²) in [4.78, 5) is 27.3. The van der Waals surface area contributed by atoms with Crippen LogP contribution in [0.15, 0.2) is 29.8 Å². The number of aromatic amines is 1. The van der Waals surface area contributed by atoms with Crippen molar-refractivity contribution >= 4 is 39.1 Å². The van der Waals surface area contributed by atoms with Crippen LogP contribution in [0.4, 0.5) is 5.13 Å². The number of hydrogen-bond donors (Lipinski definition) is 2. The van der Waals surface area contributed by atoms with Gasteiger partial charge in [0, 0.05) is 23.3 Å². The van der Waals surface area contributed by atoms with Gasteiger partial charge in [-0.3, -0.25) is 20.0 Å². The summed E-state index contributed by atoms with van der Waals surface area (Å²) in [6.45, 7) is 1.44. The number of carbonyl (C=O) groups is 2. The number of ketones is 1. The van der Waals surface area contributed by atoms with Crippen LogP contribution < -0.4 is 5.32 Å². The molecule has 0 saturated heterocycles. The van der Waals surface area contributed by atoms with E-state index in [9.17, 15) is 9.59 Å². The number of aromatic nitrogens is 3. The quantitative estimate of drug-likeness (QED) is 0.724. The van der Waals surface area contributed by atoms with Gasteiger partial charge in [-0.2, -0.15) is 5.10 Å². The zero-order valence-corrected chi connectivity index (χ0v) is 11.3. The standard InChI is InChI=1S/C13H10N4O2S/c1-7(18)11-6-20-13(15-11)16-12(19)8-2-3-9-5-14-17-10(9)4-8/h2-6H,1H3,(H,14,17)(H,15,16,19). The van der Waals surface area contributed by atoms with Crippen molar-refractivity contribution in [1.29, 1.82) is 0 Å². The number of anilines is 1. The van der Waals surface area contributed by atoms with E-state index in [-0.39, 0.29) is 11.7 Å². The number of Topliss-reactive ketones (excluding diaryl/α,β-unsaturated/α-hetero) is 1. The molecule has 3 rings (SSSR count). The van der Waals surface area contributed by atoms with Gasteiger partial charge in [-0.05, 0) is 12.1 Å². The predicted molar refractivity (Wildman–Crippen MR) is 76.2 cm³/mol. The molecule has 2 heterocycles. The molecule has 0 aliphatic rings. The molecule has 0 radical (unpaired) electrons. The lowest BCUT2D eigenvalue weighted by molar-refractivity contribution is 0.100. The van der Waals surface area contributed by atoms with Crippen LogP contribution in [0.2, 0.25) is 0 Å². The Bertz CT molecular complexity index is 805. The summed E-state index contributed by atoms with van der Waals surface area (Å²) in [6, 6.07) is 5.25. The summed E-state index contributed by atoms with van der Waals surface area (Å²) < 4.78 is 0. The molecule has 2 N–H and O–H groups in total. The molecule has 0 saturated carbocycles. The summed E-state index contributed by atoms with van der Waals surface area (Å²) in [5.74, 6) is -0.397. The van der Waals surface area contributed by atoms with E-state index in [4.69, 9.17) is 0 Å². The summed E-state index contributed by atoms with van der Waals surface area (Å²) in [5, 5.41) is 12.4. The second kappa shape index (κ2) is 4.86. The average molecular weight is 286 g/mol. The van der Waals surface area contributed by atoms with Crippen LogP contribution in [0, 0.1) is 0 Å². The SMILES string of the molecule is CC(=O)c1csc(NC(=O)c2ccc3cn[nH]c3c2)n1. The fourth-order valence-corrected chi connectivity index (χ4v) is 2.49. The maximum Gasteiger partial charge on any atom is 0.257 e. The van der Waals surface area contributed by atoms with Crippen molar-refractivity contribution in [3.8, 4) is 0 Å². The van der Waals surface area contributed by atoms with Gasteiger partial charge in [0.2, 0.25) is 0 Å². The highest BCUT2D eigenvalue weighted by atomic mass is 32.1. The minimum absolute atomic E-state index is 0.124. The summed E-state index contributed by atoms with van der Waals surface area (Å²) >= 11 is 1.22. The first-order valence-corrected chi connectivity index (χ1v) is 6.72. The number of fused-ring (bicyclic) bond motifs is 1. The largest absolute Gasteiger partial charge is 0.298 e. The maximum atomic E-state index is 12.1. The Morgan fingerprint density at radius 2 is 2.20 bits per heavy atom. The Kier molecular flexibility index (Phi) is 3.03. The Morgan fingerprint density at radius 3 is 2.95 bits per heavy atom. The van der Waals surface area contributed by atoms with E-state index in [1.165, 1.54) is 18.3 Å². The average Bonchev–Trinajstić information content (AvgIpc) is 3.05. The highest BCUT2D eigenvalue weighted by molar-refractivity contribution is 7.14. The second-order valence-electron chi connectivity index (χ2n) is 4.22. The third-order valence-corrected chi connectivity index (χ3v) is 3.55. The van der Waals surface area contributed by atoms with Gasteiger partial charge in [-0.1, -0.05) is 6.07 Å². The van der Waals surface area contributed by atoms with Crippen LogP contribution in [-0.2, 0) is 0 Å². The van der Waals surface area contributed by atoms with Crippen molar-refractivity contribution in [3.05, 3.63) is 41.0 Å². The van der Waals surface area contributed by atoms with Crippen LogP contribution in [-0.4, -0.2) is 26.9 Å². The van der Waals surface area contributed by atoms with Crippen LogP contribution in [0.25, 0.3) is 10.9 Å². The zero-order chi connectivity index (χ0) is 14.1. The molecule has 1 amide bonds. The molecule has 6 nitrogen and oxygen atoms in total. The molecule has 100 valence electrons. The van der Waals surface area contributed by atoms with Gasteiger partial charge < -0.3 is 0 Å². The summed E-state index contributed by atoms with van der Waals surface area (Å²) in [7, 11) is 0. The Hall–Kier alpha value is -2.54. The number of thiazole rings is 1. The third-order valence-electron chi connectivity index (χ3n) is 2.79. The number of nitrogens with one attached hydrogen (secondary N) is 2. The molecule has 0 fully saturated rings. The molecule has 7 heteroatoms. The summed E-state index contributed by atoms with van der Waals surface area (Å²) in [5.41, 5.74) is 1.65. The molecule has 1 aromatic carbocycles. The molecule has 20 heavy (non-hydrogen) atoms. The third kappa shape index (κ3) is 2.30. The molecule has 3 aromatic rings. The van der Waals surface area contributed by atoms with Crippen molar-refractivity contribution in [2.45, 2.75) is 6.92 Å². The van der Waals surface area contributed by atoms with Crippen molar-refractivity contribution < 1.29 is 9.59 Å². The first kappa shape index (κ1) is 12.5. The monoisotopic (exact) mass is 286 g/mol. The Labute approximate surface area is 117 Å². The maximum absolute atomic E-state index is 12.1. The molecule has 0 aliphatic heterocycles. The van der Waals surface area contributed by atoms with Gasteiger partial charge in [0.1, 0.15) is 5.69 Å². The Balaban J connectivity index is 1.82. The zero-order valence-electron chi connectivity index (χ0n) is 10.5. The van der Waals surface area contributed by atoms with E-state index in [2.05, 4.69) is 20.5 Å². The number of H-pyrrole nitrogens is 1. The van der Waals surface area contributed by atoms with Gasteiger partial charge in [-0.15, -0.1) is 11.3 Å². The molecular formula is C13H10N4O2S. The molecular weight excluding hydrogens is 276 g/mol. The van der Waals surface area contributed by atoms with Crippen molar-refractivity contribution in [2.75, 3.05) is 5.32 Å². The topological polar surface area (TPSA) is 87.7 Å². The lowest BCUT2D eigenvalue weighted by Crippen LogP contribution is -2.11. The lowest BCUT2D eigenvalue weighted by Gasteiger charge is -2.01. The lowest BCUT2D eigenvalue weighted by atomic mass is 10.1. The van der Waals surface area contributed by atoms with E-state index in [1.54, 1.807) is 23.7 Å². The highest BCUT2D eigenvalue weighted by Gasteiger charge is 2.11. The van der Waals surface area contributed by atoms with Gasteiger partial charge in [0.15, 0.2) is 10.9 Å². The number of benzene rings is 1. The van der Waals surface area contributed by atoms with E-state index in [0.717, 1.165) is 10.9 Å². The molecule has 0 spiro atoms. The molecule has 0 unspecified atom stereocenters. The second-order valence-corrected chi connectivity index (χ2v) is 5.08. The number of nitrogens with zero attached hydrogens (tertiary/aromatic N) is 2. The van der Waals surface area contributed by atoms with Crippen LogP contribution in [0.5, 0.6) is 0 Å². The van der Waals surface area contributed by atoms with Crippen LogP contribution >= 0.6 is 11.3 Å². The minimum atomic E-state index is -0.272. The smallest absolute Gasteiger partial charge is 0.257 e. The normalized spacial score (nSPS) is 10.7. The van der Waals surface area contributed by atoms with Crippen molar-refractivity contribution in [3.63, 3.8) is 0 Å². The first-order valence-electron chi connectivity index (χ1n) is 5.84. The number of rotatable bonds is 3. The van der Waals surface area contributed by atoms with Gasteiger partial charge in [-0.25, -0.2) is 4.98 Å². The van der Waals surface area contributed by atoms with E-state index >= 15 is 0 Å². The molecule has 0 aliphatic carbocycles. The highest BCUT2D eigenvalue weighted by Crippen LogP contribution is 2.18. The molecule has 0 bridgehead atoms. The van der Waals surface area contributed by atoms with Crippen molar-refractivity contribution in [2.24, 2.45) is 0 Å². The van der Waals surface area contributed by atoms with Gasteiger partial charge >= 0.3 is 0 Å². The number of carbonyl (C=O) groups excluding carboxylic acids is 2. The van der Waals surface area contributed by atoms with Crippen molar-refractivity contribution in [1.82, 2.24) is 15.2 Å².